The maximum atomic E-state index is 14.4. The first-order chi connectivity index (χ1) is 11.8. The van der Waals surface area contributed by atoms with Crippen LogP contribution in [0.25, 0.3) is 0 Å². The molecule has 1 aromatic carbocycles. The summed E-state index contributed by atoms with van der Waals surface area (Å²) in [6.07, 6.45) is 0.0149. The summed E-state index contributed by atoms with van der Waals surface area (Å²) in [4.78, 5) is 25.3. The topological polar surface area (TPSA) is 66.8 Å². The molecule has 2 aliphatic rings. The van der Waals surface area contributed by atoms with Crippen LogP contribution >= 0.6 is 0 Å². The van der Waals surface area contributed by atoms with Gasteiger partial charge in [-0.2, -0.15) is 0 Å². The molecular weight excluding hydrogens is 339 g/mol. The van der Waals surface area contributed by atoms with Gasteiger partial charge in [0.05, 0.1) is 12.0 Å². The van der Waals surface area contributed by atoms with Gasteiger partial charge >= 0.3 is 5.97 Å². The fraction of sp³-hybridized carbons (Fsp3) is 0.529. The van der Waals surface area contributed by atoms with Crippen molar-refractivity contribution in [2.24, 2.45) is 0 Å². The third kappa shape index (κ3) is 2.99. The minimum Gasteiger partial charge on any atom is -0.479 e. The number of hydrogen-bond acceptors (Lipinski definition) is 3. The summed E-state index contributed by atoms with van der Waals surface area (Å²) in [7, 11) is 0. The van der Waals surface area contributed by atoms with E-state index < -0.39 is 41.1 Å². The summed E-state index contributed by atoms with van der Waals surface area (Å²) < 4.78 is 47.2. The molecule has 2 heterocycles. The van der Waals surface area contributed by atoms with Crippen LogP contribution in [0.15, 0.2) is 18.2 Å². The summed E-state index contributed by atoms with van der Waals surface area (Å²) in [5.41, 5.74) is -3.77. The average molecular weight is 357 g/mol. The maximum absolute atomic E-state index is 14.4. The van der Waals surface area contributed by atoms with Crippen LogP contribution in [0.1, 0.15) is 24.8 Å². The number of amides is 1. The number of rotatable bonds is 3. The van der Waals surface area contributed by atoms with Crippen molar-refractivity contribution in [3.63, 3.8) is 0 Å². The highest BCUT2D eigenvalue weighted by atomic mass is 19.1. The minimum atomic E-state index is -2.50. The Hall–Kier alpha value is -2.09. The van der Waals surface area contributed by atoms with E-state index in [9.17, 15) is 22.8 Å². The molecule has 0 saturated carbocycles. The van der Waals surface area contributed by atoms with Crippen LogP contribution in [0.3, 0.4) is 0 Å². The lowest BCUT2D eigenvalue weighted by atomic mass is 9.72. The Morgan fingerprint density at radius 1 is 1.16 bits per heavy atom. The number of carbonyl (C=O) groups excluding carboxylic acids is 1. The van der Waals surface area contributed by atoms with E-state index in [-0.39, 0.29) is 44.6 Å². The van der Waals surface area contributed by atoms with Crippen molar-refractivity contribution in [3.8, 4) is 0 Å². The Morgan fingerprint density at radius 3 is 2.40 bits per heavy atom. The predicted octanol–water partition coefficient (Wildman–Crippen LogP) is 2.04. The third-order valence-corrected chi connectivity index (χ3v) is 5.09. The molecule has 8 heteroatoms. The number of carboxylic acid groups (broad SMARTS) is 1. The number of benzene rings is 1. The molecule has 3 rings (SSSR count). The maximum Gasteiger partial charge on any atom is 0.343 e. The zero-order chi connectivity index (χ0) is 18.2. The summed E-state index contributed by atoms with van der Waals surface area (Å²) in [6.45, 7) is -0.230. The Bertz CT molecular complexity index is 705. The molecule has 1 aromatic rings. The summed E-state index contributed by atoms with van der Waals surface area (Å²) in [5, 5.41) is 9.00. The van der Waals surface area contributed by atoms with E-state index in [0.29, 0.717) is 6.07 Å². The van der Waals surface area contributed by atoms with Gasteiger partial charge in [0.2, 0.25) is 11.6 Å². The molecule has 1 N–H and O–H groups in total. The molecule has 136 valence electrons. The van der Waals surface area contributed by atoms with Gasteiger partial charge in [-0.1, -0.05) is 6.07 Å². The molecule has 0 spiro atoms. The fourth-order valence-electron chi connectivity index (χ4n) is 3.62. The second-order valence-corrected chi connectivity index (χ2v) is 6.57. The molecule has 2 aliphatic heterocycles. The van der Waals surface area contributed by atoms with E-state index in [1.165, 1.54) is 6.07 Å². The first-order valence-electron chi connectivity index (χ1n) is 8.03. The van der Waals surface area contributed by atoms with Crippen LogP contribution in [0.4, 0.5) is 13.2 Å². The summed E-state index contributed by atoms with van der Waals surface area (Å²) in [6, 6.07) is 3.01. The minimum absolute atomic E-state index is 0.0360. The lowest BCUT2D eigenvalue weighted by molar-refractivity contribution is -0.151. The Balaban J connectivity index is 1.96. The number of ether oxygens (including phenoxy) is 1. The number of carboxylic acids is 1. The van der Waals surface area contributed by atoms with E-state index in [0.717, 1.165) is 11.0 Å². The van der Waals surface area contributed by atoms with E-state index in [2.05, 4.69) is 0 Å². The third-order valence-electron chi connectivity index (χ3n) is 5.09. The van der Waals surface area contributed by atoms with Gasteiger partial charge < -0.3 is 14.7 Å². The highest BCUT2D eigenvalue weighted by Crippen LogP contribution is 2.40. The molecule has 0 aromatic heterocycles. The number of hydrogen-bond donors (Lipinski definition) is 1. The van der Waals surface area contributed by atoms with E-state index in [1.54, 1.807) is 0 Å². The zero-order valence-corrected chi connectivity index (χ0v) is 13.4. The quantitative estimate of drug-likeness (QED) is 0.899. The number of nitrogens with zero attached hydrogens (tertiary/aromatic N) is 1. The standard InChI is InChI=1S/C17H18F3NO4/c18-11-1-2-12(13(19)9-11)16(4-7-25-8-5-16)14(22)21-6-3-17(20,10-21)15(23)24/h1-2,9H,3-8,10H2,(H,23,24). The molecule has 5 nitrogen and oxygen atoms in total. The number of aliphatic carboxylic acids is 1. The van der Waals surface area contributed by atoms with Crippen molar-refractivity contribution in [1.29, 1.82) is 0 Å². The Kier molecular flexibility index (Phi) is 4.49. The summed E-state index contributed by atoms with van der Waals surface area (Å²) >= 11 is 0. The fourth-order valence-corrected chi connectivity index (χ4v) is 3.62. The van der Waals surface area contributed by atoms with Crippen molar-refractivity contribution >= 4 is 11.9 Å². The van der Waals surface area contributed by atoms with Crippen molar-refractivity contribution < 1.29 is 32.6 Å². The summed E-state index contributed by atoms with van der Waals surface area (Å²) in [5.74, 6) is -3.76. The molecule has 1 amide bonds. The number of carbonyl (C=O) groups is 2. The van der Waals surface area contributed by atoms with Crippen molar-refractivity contribution in [2.75, 3.05) is 26.3 Å². The first kappa shape index (κ1) is 17.7. The van der Waals surface area contributed by atoms with E-state index in [1.807, 2.05) is 0 Å². The molecule has 2 saturated heterocycles. The molecule has 0 radical (unpaired) electrons. The normalized spacial score (nSPS) is 25.8. The molecule has 1 unspecified atom stereocenters. The van der Waals surface area contributed by atoms with Gasteiger partial charge in [0.1, 0.15) is 11.6 Å². The number of halogens is 3. The van der Waals surface area contributed by atoms with Crippen molar-refractivity contribution in [3.05, 3.63) is 35.4 Å². The monoisotopic (exact) mass is 357 g/mol. The molecule has 0 aliphatic carbocycles. The van der Waals surface area contributed by atoms with Gasteiger partial charge in [0.25, 0.3) is 0 Å². The highest BCUT2D eigenvalue weighted by molar-refractivity contribution is 5.90. The van der Waals surface area contributed by atoms with Gasteiger partial charge in [0, 0.05) is 37.8 Å². The number of alkyl halides is 1. The zero-order valence-electron chi connectivity index (χ0n) is 13.4. The van der Waals surface area contributed by atoms with Gasteiger partial charge in [-0.05, 0) is 18.9 Å². The molecule has 0 bridgehead atoms. The van der Waals surface area contributed by atoms with Gasteiger partial charge in [0.15, 0.2) is 0 Å². The Morgan fingerprint density at radius 2 is 1.84 bits per heavy atom. The van der Waals surface area contributed by atoms with Crippen LogP contribution in [0.2, 0.25) is 0 Å². The first-order valence-corrected chi connectivity index (χ1v) is 8.03. The second-order valence-electron chi connectivity index (χ2n) is 6.57. The SMILES string of the molecule is O=C(O)C1(F)CCN(C(=O)C2(c3ccc(F)cc3F)CCOCC2)C1. The highest BCUT2D eigenvalue weighted by Gasteiger charge is 2.52. The van der Waals surface area contributed by atoms with Gasteiger partial charge in [-0.25, -0.2) is 18.0 Å². The van der Waals surface area contributed by atoms with Crippen LogP contribution in [-0.4, -0.2) is 53.9 Å². The van der Waals surface area contributed by atoms with Crippen molar-refractivity contribution in [2.45, 2.75) is 30.3 Å². The largest absolute Gasteiger partial charge is 0.479 e. The van der Waals surface area contributed by atoms with Crippen LogP contribution in [0, 0.1) is 11.6 Å². The second kappa shape index (κ2) is 6.33. The van der Waals surface area contributed by atoms with E-state index in [4.69, 9.17) is 9.84 Å². The predicted molar refractivity (Wildman–Crippen MR) is 80.8 cm³/mol. The van der Waals surface area contributed by atoms with Crippen LogP contribution in [0.5, 0.6) is 0 Å². The van der Waals surface area contributed by atoms with Gasteiger partial charge in [-0.15, -0.1) is 0 Å². The van der Waals surface area contributed by atoms with Crippen LogP contribution < -0.4 is 0 Å². The molecular formula is C17H18F3NO4. The molecule has 2 fully saturated rings. The average Bonchev–Trinajstić information content (AvgIpc) is 2.98. The van der Waals surface area contributed by atoms with Gasteiger partial charge in [-0.3, -0.25) is 4.79 Å². The molecule has 25 heavy (non-hydrogen) atoms. The Labute approximate surface area is 142 Å². The molecule has 1 atom stereocenters. The lowest BCUT2D eigenvalue weighted by Crippen LogP contribution is -2.51. The van der Waals surface area contributed by atoms with Crippen molar-refractivity contribution in [1.82, 2.24) is 4.90 Å². The lowest BCUT2D eigenvalue weighted by Gasteiger charge is -2.39. The van der Waals surface area contributed by atoms with E-state index >= 15 is 0 Å². The smallest absolute Gasteiger partial charge is 0.343 e. The number of likely N-dealkylation sites (tertiary alicyclic amines) is 1. The van der Waals surface area contributed by atoms with Crippen LogP contribution in [-0.2, 0) is 19.7 Å².